The molecular weight excluding hydrogens is 244 g/mol. The molecule has 0 radical (unpaired) electrons. The average molecular weight is 259 g/mol. The monoisotopic (exact) mass is 258 g/mol. The zero-order valence-corrected chi connectivity index (χ0v) is 10.3. The van der Waals surface area contributed by atoms with Crippen molar-refractivity contribution in [2.75, 3.05) is 0 Å². The molecule has 0 aromatic carbocycles. The van der Waals surface area contributed by atoms with Crippen LogP contribution in [0.1, 0.15) is 44.1 Å². The van der Waals surface area contributed by atoms with E-state index in [4.69, 9.17) is 0 Å². The van der Waals surface area contributed by atoms with Crippen molar-refractivity contribution >= 4 is 27.3 Å². The lowest BCUT2D eigenvalue weighted by Crippen LogP contribution is -2.10. The Labute approximate surface area is 92.5 Å². The predicted octanol–water partition coefficient (Wildman–Crippen LogP) is 4.80. The third-order valence-corrected chi connectivity index (χ3v) is 4.84. The van der Waals surface area contributed by atoms with Crippen molar-refractivity contribution in [1.82, 2.24) is 0 Å². The molecule has 1 aromatic rings. The van der Waals surface area contributed by atoms with Gasteiger partial charge in [0.2, 0.25) is 0 Å². The molecule has 1 aliphatic rings. The van der Waals surface area contributed by atoms with Crippen LogP contribution >= 0.6 is 27.3 Å². The first-order chi connectivity index (χ1) is 6.27. The molecule has 0 saturated heterocycles. The Kier molecular flexibility index (Phi) is 3.10. The number of thiophene rings is 1. The first kappa shape index (κ1) is 9.72. The summed E-state index contributed by atoms with van der Waals surface area (Å²) in [5.41, 5.74) is 1.55. The average Bonchev–Trinajstić information content (AvgIpc) is 2.53. The molecule has 1 fully saturated rings. The fraction of sp³-hybridized carbons (Fsp3) is 0.636. The molecule has 0 spiro atoms. The van der Waals surface area contributed by atoms with E-state index in [0.717, 1.165) is 11.8 Å². The van der Waals surface area contributed by atoms with Gasteiger partial charge in [0.25, 0.3) is 0 Å². The maximum absolute atomic E-state index is 3.64. The fourth-order valence-corrected chi connectivity index (χ4v) is 3.65. The van der Waals surface area contributed by atoms with Gasteiger partial charge in [-0.05, 0) is 57.6 Å². The molecule has 0 bridgehead atoms. The van der Waals surface area contributed by atoms with Crippen molar-refractivity contribution in [3.8, 4) is 0 Å². The van der Waals surface area contributed by atoms with E-state index in [0.29, 0.717) is 0 Å². The highest BCUT2D eigenvalue weighted by molar-refractivity contribution is 9.11. The van der Waals surface area contributed by atoms with Crippen LogP contribution in [0.3, 0.4) is 0 Å². The van der Waals surface area contributed by atoms with Crippen LogP contribution in [0.2, 0.25) is 0 Å². The molecule has 1 aliphatic carbocycles. The Morgan fingerprint density at radius 3 is 2.54 bits per heavy atom. The maximum Gasteiger partial charge on any atom is 0.0733 e. The fourth-order valence-electron chi connectivity index (χ4n) is 2.17. The number of rotatable bonds is 1. The maximum atomic E-state index is 3.64. The van der Waals surface area contributed by atoms with Crippen LogP contribution < -0.4 is 0 Å². The minimum absolute atomic E-state index is 0.830. The molecule has 0 amide bonds. The molecule has 2 rings (SSSR count). The van der Waals surface area contributed by atoms with Crippen molar-refractivity contribution in [3.63, 3.8) is 0 Å². The minimum atomic E-state index is 0.830. The molecule has 1 aromatic heterocycles. The number of hydrogen-bond donors (Lipinski definition) is 0. The van der Waals surface area contributed by atoms with E-state index in [-0.39, 0.29) is 0 Å². The summed E-state index contributed by atoms with van der Waals surface area (Å²) in [6, 6.07) is 2.29. The first-order valence-electron chi connectivity index (χ1n) is 5.00. The van der Waals surface area contributed by atoms with E-state index in [1.54, 1.807) is 5.56 Å². The summed E-state index contributed by atoms with van der Waals surface area (Å²) in [4.78, 5) is 0. The Balaban J connectivity index is 2.06. The van der Waals surface area contributed by atoms with Crippen molar-refractivity contribution in [2.24, 2.45) is 5.92 Å². The van der Waals surface area contributed by atoms with Gasteiger partial charge in [-0.3, -0.25) is 0 Å². The van der Waals surface area contributed by atoms with E-state index < -0.39 is 0 Å². The van der Waals surface area contributed by atoms with Crippen LogP contribution in [0.5, 0.6) is 0 Å². The zero-order valence-electron chi connectivity index (χ0n) is 7.92. The lowest BCUT2D eigenvalue weighted by atomic mass is 9.80. The molecular formula is C11H15BrS. The topological polar surface area (TPSA) is 0 Å². The summed E-state index contributed by atoms with van der Waals surface area (Å²) in [5.74, 6) is 1.78. The molecule has 0 N–H and O–H groups in total. The van der Waals surface area contributed by atoms with Gasteiger partial charge in [-0.15, -0.1) is 11.3 Å². The van der Waals surface area contributed by atoms with Crippen LogP contribution in [-0.2, 0) is 0 Å². The van der Waals surface area contributed by atoms with Crippen molar-refractivity contribution < 1.29 is 0 Å². The lowest BCUT2D eigenvalue weighted by Gasteiger charge is -2.25. The standard InChI is InChI=1S/C11H15BrS/c1-8-2-4-9(5-3-8)10-6-7-13-11(10)12/h6-9H,2-5H2,1H3. The highest BCUT2D eigenvalue weighted by Gasteiger charge is 2.21. The first-order valence-corrected chi connectivity index (χ1v) is 6.67. The number of hydrogen-bond acceptors (Lipinski definition) is 1. The van der Waals surface area contributed by atoms with Gasteiger partial charge in [0, 0.05) is 0 Å². The van der Waals surface area contributed by atoms with Crippen LogP contribution in [0.25, 0.3) is 0 Å². The molecule has 0 nitrogen and oxygen atoms in total. The smallest absolute Gasteiger partial charge is 0.0733 e. The second kappa shape index (κ2) is 4.14. The SMILES string of the molecule is CC1CCC(c2ccsc2Br)CC1. The highest BCUT2D eigenvalue weighted by Crippen LogP contribution is 2.40. The van der Waals surface area contributed by atoms with E-state index in [9.17, 15) is 0 Å². The zero-order chi connectivity index (χ0) is 9.26. The molecule has 13 heavy (non-hydrogen) atoms. The third kappa shape index (κ3) is 2.16. The molecule has 72 valence electrons. The molecule has 0 unspecified atom stereocenters. The molecule has 0 aliphatic heterocycles. The van der Waals surface area contributed by atoms with Gasteiger partial charge in [-0.1, -0.05) is 19.8 Å². The second-order valence-corrected chi connectivity index (χ2v) is 6.34. The molecule has 1 heterocycles. The van der Waals surface area contributed by atoms with Gasteiger partial charge >= 0.3 is 0 Å². The second-order valence-electron chi connectivity index (χ2n) is 4.11. The Morgan fingerprint density at radius 2 is 2.00 bits per heavy atom. The van der Waals surface area contributed by atoms with E-state index in [2.05, 4.69) is 34.3 Å². The molecule has 2 heteroatoms. The van der Waals surface area contributed by atoms with Gasteiger partial charge < -0.3 is 0 Å². The van der Waals surface area contributed by atoms with Crippen LogP contribution in [0.15, 0.2) is 15.2 Å². The van der Waals surface area contributed by atoms with Gasteiger partial charge in [0.1, 0.15) is 0 Å². The van der Waals surface area contributed by atoms with Crippen LogP contribution in [0.4, 0.5) is 0 Å². The Bertz CT molecular complexity index is 271. The largest absolute Gasteiger partial charge is 0.137 e. The van der Waals surface area contributed by atoms with Crippen molar-refractivity contribution in [2.45, 2.75) is 38.5 Å². The lowest BCUT2D eigenvalue weighted by molar-refractivity contribution is 0.348. The van der Waals surface area contributed by atoms with Crippen LogP contribution in [-0.4, -0.2) is 0 Å². The molecule has 1 saturated carbocycles. The van der Waals surface area contributed by atoms with E-state index in [1.165, 1.54) is 29.5 Å². The molecule has 0 atom stereocenters. The highest BCUT2D eigenvalue weighted by atomic mass is 79.9. The number of halogens is 1. The summed E-state index contributed by atoms with van der Waals surface area (Å²) in [5, 5.41) is 2.19. The quantitative estimate of drug-likeness (QED) is 0.679. The van der Waals surface area contributed by atoms with E-state index in [1.807, 2.05) is 11.3 Å². The predicted molar refractivity (Wildman–Crippen MR) is 62.4 cm³/mol. The van der Waals surface area contributed by atoms with Crippen molar-refractivity contribution in [3.05, 3.63) is 20.8 Å². The third-order valence-electron chi connectivity index (χ3n) is 3.10. The van der Waals surface area contributed by atoms with Gasteiger partial charge in [0.15, 0.2) is 0 Å². The Hall–Kier alpha value is 0.180. The normalized spacial score (nSPS) is 29.1. The van der Waals surface area contributed by atoms with Crippen molar-refractivity contribution in [1.29, 1.82) is 0 Å². The summed E-state index contributed by atoms with van der Waals surface area (Å²) >= 11 is 5.45. The Morgan fingerprint density at radius 1 is 1.31 bits per heavy atom. The van der Waals surface area contributed by atoms with Gasteiger partial charge in [-0.2, -0.15) is 0 Å². The summed E-state index contributed by atoms with van der Waals surface area (Å²) in [7, 11) is 0. The van der Waals surface area contributed by atoms with E-state index >= 15 is 0 Å². The minimum Gasteiger partial charge on any atom is -0.137 e. The van der Waals surface area contributed by atoms with Gasteiger partial charge in [0.05, 0.1) is 3.79 Å². The van der Waals surface area contributed by atoms with Crippen LogP contribution in [0, 0.1) is 5.92 Å². The summed E-state index contributed by atoms with van der Waals surface area (Å²) < 4.78 is 1.35. The summed E-state index contributed by atoms with van der Waals surface area (Å²) in [6.07, 6.45) is 5.59. The van der Waals surface area contributed by atoms with Gasteiger partial charge in [-0.25, -0.2) is 0 Å². The summed E-state index contributed by atoms with van der Waals surface area (Å²) in [6.45, 7) is 2.37.